The maximum absolute atomic E-state index is 12.5. The standard InChI is InChI=1S/C13H20N2O2S/c1-11-4-3-8-15(9-7-11)18(16,17)13-6-2-5-12(14)10-13/h2,5-6,10-11H,3-4,7-9,14H2,1H3. The molecule has 18 heavy (non-hydrogen) atoms. The molecule has 1 aromatic carbocycles. The summed E-state index contributed by atoms with van der Waals surface area (Å²) in [6.45, 7) is 3.40. The van der Waals surface area contributed by atoms with Gasteiger partial charge in [-0.2, -0.15) is 4.31 Å². The van der Waals surface area contributed by atoms with Crippen LogP contribution in [0.2, 0.25) is 0 Å². The van der Waals surface area contributed by atoms with Crippen molar-refractivity contribution in [1.82, 2.24) is 4.31 Å². The Kier molecular flexibility index (Phi) is 3.92. The first kappa shape index (κ1) is 13.4. The van der Waals surface area contributed by atoms with Crippen molar-refractivity contribution < 1.29 is 8.42 Å². The maximum atomic E-state index is 12.5. The van der Waals surface area contributed by atoms with E-state index in [4.69, 9.17) is 5.73 Å². The third kappa shape index (κ3) is 2.84. The van der Waals surface area contributed by atoms with Gasteiger partial charge < -0.3 is 5.73 Å². The Balaban J connectivity index is 2.25. The molecular weight excluding hydrogens is 248 g/mol. The predicted octanol–water partition coefficient (Wildman–Crippen LogP) is 2.08. The van der Waals surface area contributed by atoms with Gasteiger partial charge in [0.25, 0.3) is 0 Å². The first-order valence-corrected chi connectivity index (χ1v) is 7.80. The molecule has 0 spiro atoms. The largest absolute Gasteiger partial charge is 0.399 e. The first-order valence-electron chi connectivity index (χ1n) is 6.36. The molecule has 1 unspecified atom stereocenters. The molecule has 1 aliphatic rings. The highest BCUT2D eigenvalue weighted by molar-refractivity contribution is 7.89. The third-order valence-corrected chi connectivity index (χ3v) is 5.37. The van der Waals surface area contributed by atoms with Gasteiger partial charge in [-0.15, -0.1) is 0 Å². The van der Waals surface area contributed by atoms with Crippen LogP contribution < -0.4 is 5.73 Å². The summed E-state index contributed by atoms with van der Waals surface area (Å²) in [7, 11) is -3.38. The number of sulfonamides is 1. The van der Waals surface area contributed by atoms with E-state index in [0.717, 1.165) is 19.3 Å². The number of hydrogen-bond donors (Lipinski definition) is 1. The summed E-state index contributed by atoms with van der Waals surface area (Å²) in [5, 5.41) is 0. The highest BCUT2D eigenvalue weighted by Crippen LogP contribution is 2.23. The van der Waals surface area contributed by atoms with Crippen molar-refractivity contribution in [3.05, 3.63) is 24.3 Å². The van der Waals surface area contributed by atoms with Gasteiger partial charge in [0.2, 0.25) is 10.0 Å². The van der Waals surface area contributed by atoms with E-state index in [-0.39, 0.29) is 0 Å². The number of rotatable bonds is 2. The molecule has 2 rings (SSSR count). The molecule has 0 aliphatic carbocycles. The summed E-state index contributed by atoms with van der Waals surface area (Å²) in [5.41, 5.74) is 6.14. The Morgan fingerprint density at radius 2 is 2.06 bits per heavy atom. The molecule has 1 aliphatic heterocycles. The van der Waals surface area contributed by atoms with Crippen molar-refractivity contribution >= 4 is 15.7 Å². The first-order chi connectivity index (χ1) is 8.50. The molecule has 1 fully saturated rings. The highest BCUT2D eigenvalue weighted by atomic mass is 32.2. The number of hydrogen-bond acceptors (Lipinski definition) is 3. The van der Waals surface area contributed by atoms with Crippen molar-refractivity contribution in [2.24, 2.45) is 5.92 Å². The molecule has 0 aromatic heterocycles. The summed E-state index contributed by atoms with van der Waals surface area (Å²) < 4.78 is 26.5. The molecule has 1 heterocycles. The Labute approximate surface area is 109 Å². The average molecular weight is 268 g/mol. The third-order valence-electron chi connectivity index (χ3n) is 3.47. The smallest absolute Gasteiger partial charge is 0.243 e. The van der Waals surface area contributed by atoms with Gasteiger partial charge in [0.15, 0.2) is 0 Å². The lowest BCUT2D eigenvalue weighted by molar-refractivity contribution is 0.417. The number of nitrogens with zero attached hydrogens (tertiary/aromatic N) is 1. The van der Waals surface area contributed by atoms with E-state index in [2.05, 4.69) is 6.92 Å². The van der Waals surface area contributed by atoms with Crippen LogP contribution in [0, 0.1) is 5.92 Å². The van der Waals surface area contributed by atoms with Crippen LogP contribution in [0.15, 0.2) is 29.2 Å². The van der Waals surface area contributed by atoms with Crippen LogP contribution in [0.1, 0.15) is 26.2 Å². The zero-order valence-corrected chi connectivity index (χ0v) is 11.5. The van der Waals surface area contributed by atoms with E-state index in [1.54, 1.807) is 22.5 Å². The summed E-state index contributed by atoms with van der Waals surface area (Å²) in [5.74, 6) is 0.603. The fraction of sp³-hybridized carbons (Fsp3) is 0.538. The van der Waals surface area contributed by atoms with E-state index in [0.29, 0.717) is 29.6 Å². The van der Waals surface area contributed by atoms with E-state index in [9.17, 15) is 8.42 Å². The Morgan fingerprint density at radius 1 is 1.28 bits per heavy atom. The Bertz CT molecular complexity index is 513. The van der Waals surface area contributed by atoms with E-state index in [1.165, 1.54) is 6.07 Å². The Morgan fingerprint density at radius 3 is 2.78 bits per heavy atom. The average Bonchev–Trinajstić information content (AvgIpc) is 2.54. The molecule has 0 radical (unpaired) electrons. The zero-order valence-electron chi connectivity index (χ0n) is 10.7. The minimum absolute atomic E-state index is 0.303. The lowest BCUT2D eigenvalue weighted by atomic mass is 10.0. The van der Waals surface area contributed by atoms with Crippen LogP contribution in [0.4, 0.5) is 5.69 Å². The lowest BCUT2D eigenvalue weighted by Gasteiger charge is -2.20. The summed E-state index contributed by atoms with van der Waals surface area (Å²) in [6, 6.07) is 6.52. The second kappa shape index (κ2) is 5.28. The number of nitrogen functional groups attached to an aromatic ring is 1. The summed E-state index contributed by atoms with van der Waals surface area (Å²) in [6.07, 6.45) is 2.97. The predicted molar refractivity (Wildman–Crippen MR) is 72.6 cm³/mol. The van der Waals surface area contributed by atoms with Gasteiger partial charge in [0, 0.05) is 18.8 Å². The topological polar surface area (TPSA) is 63.4 Å². The second-order valence-electron chi connectivity index (χ2n) is 5.01. The number of nitrogens with two attached hydrogens (primary N) is 1. The van der Waals surface area contributed by atoms with Crippen molar-refractivity contribution in [1.29, 1.82) is 0 Å². The van der Waals surface area contributed by atoms with Crippen molar-refractivity contribution in [3.8, 4) is 0 Å². The molecule has 100 valence electrons. The van der Waals surface area contributed by atoms with Gasteiger partial charge in [0.05, 0.1) is 4.90 Å². The molecule has 2 N–H and O–H groups in total. The quantitative estimate of drug-likeness (QED) is 0.835. The van der Waals surface area contributed by atoms with Crippen LogP contribution in [0.25, 0.3) is 0 Å². The van der Waals surface area contributed by atoms with Gasteiger partial charge in [-0.1, -0.05) is 13.0 Å². The van der Waals surface area contributed by atoms with Gasteiger partial charge in [-0.25, -0.2) is 8.42 Å². The Hall–Kier alpha value is -1.07. The van der Waals surface area contributed by atoms with Gasteiger partial charge >= 0.3 is 0 Å². The number of anilines is 1. The SMILES string of the molecule is CC1CCCN(S(=O)(=O)c2cccc(N)c2)CC1. The van der Waals surface area contributed by atoms with Gasteiger partial charge in [-0.3, -0.25) is 0 Å². The van der Waals surface area contributed by atoms with Crippen LogP contribution in [-0.2, 0) is 10.0 Å². The van der Waals surface area contributed by atoms with Crippen molar-refractivity contribution in [2.45, 2.75) is 31.1 Å². The molecule has 4 nitrogen and oxygen atoms in total. The van der Waals surface area contributed by atoms with Crippen LogP contribution in [0.5, 0.6) is 0 Å². The molecular formula is C13H20N2O2S. The van der Waals surface area contributed by atoms with E-state index < -0.39 is 10.0 Å². The van der Waals surface area contributed by atoms with Crippen LogP contribution in [0.3, 0.4) is 0 Å². The van der Waals surface area contributed by atoms with E-state index in [1.807, 2.05) is 0 Å². The fourth-order valence-electron chi connectivity index (χ4n) is 2.30. The maximum Gasteiger partial charge on any atom is 0.243 e. The van der Waals surface area contributed by atoms with Crippen LogP contribution >= 0.6 is 0 Å². The zero-order chi connectivity index (χ0) is 13.2. The summed E-state index contributed by atoms with van der Waals surface area (Å²) >= 11 is 0. The molecule has 5 heteroatoms. The van der Waals surface area contributed by atoms with Crippen molar-refractivity contribution in [3.63, 3.8) is 0 Å². The molecule has 1 atom stereocenters. The fourth-order valence-corrected chi connectivity index (χ4v) is 3.85. The molecule has 1 saturated heterocycles. The minimum Gasteiger partial charge on any atom is -0.399 e. The van der Waals surface area contributed by atoms with E-state index >= 15 is 0 Å². The number of benzene rings is 1. The van der Waals surface area contributed by atoms with Gasteiger partial charge in [0.1, 0.15) is 0 Å². The highest BCUT2D eigenvalue weighted by Gasteiger charge is 2.26. The monoisotopic (exact) mass is 268 g/mol. The lowest BCUT2D eigenvalue weighted by Crippen LogP contribution is -2.32. The normalized spacial score (nSPS) is 22.6. The van der Waals surface area contributed by atoms with Gasteiger partial charge in [-0.05, 0) is 43.4 Å². The second-order valence-corrected chi connectivity index (χ2v) is 6.95. The summed E-state index contributed by atoms with van der Waals surface area (Å²) in [4.78, 5) is 0.303. The van der Waals surface area contributed by atoms with Crippen molar-refractivity contribution in [2.75, 3.05) is 18.8 Å². The molecule has 0 bridgehead atoms. The van der Waals surface area contributed by atoms with Crippen LogP contribution in [-0.4, -0.2) is 25.8 Å². The molecule has 0 amide bonds. The molecule has 1 aromatic rings. The molecule has 0 saturated carbocycles. The minimum atomic E-state index is -3.38.